The Morgan fingerprint density at radius 1 is 1.29 bits per heavy atom. The Bertz CT molecular complexity index is 516. The zero-order valence-electron chi connectivity index (χ0n) is 15.4. The smallest absolute Gasteiger partial charge is 0.234 e. The standard InChI is InChI=1S/C19H31N3O2/c1-15(2)17-5-7-18(8-6-17)24-12-9-20-19(23)14-22-11-10-21(4)13-16(22)3/h5-8,15-16H,9-14H2,1-4H3,(H,20,23)/t16-/m0/s1. The molecule has 0 radical (unpaired) electrons. The van der Waals surface area contributed by atoms with Gasteiger partial charge in [-0.25, -0.2) is 0 Å². The first-order valence-corrected chi connectivity index (χ1v) is 8.87. The minimum absolute atomic E-state index is 0.0742. The van der Waals surface area contributed by atoms with E-state index in [0.717, 1.165) is 25.4 Å². The first-order chi connectivity index (χ1) is 11.5. The lowest BCUT2D eigenvalue weighted by Gasteiger charge is -2.37. The maximum atomic E-state index is 12.0. The van der Waals surface area contributed by atoms with E-state index < -0.39 is 0 Å². The summed E-state index contributed by atoms with van der Waals surface area (Å²) in [5.41, 5.74) is 1.30. The van der Waals surface area contributed by atoms with Crippen LogP contribution in [0.2, 0.25) is 0 Å². The maximum Gasteiger partial charge on any atom is 0.234 e. The van der Waals surface area contributed by atoms with Gasteiger partial charge in [0, 0.05) is 25.7 Å². The highest BCUT2D eigenvalue weighted by molar-refractivity contribution is 5.78. The summed E-state index contributed by atoms with van der Waals surface area (Å²) in [6.45, 7) is 11.0. The van der Waals surface area contributed by atoms with E-state index in [0.29, 0.717) is 31.7 Å². The van der Waals surface area contributed by atoms with Crippen molar-refractivity contribution < 1.29 is 9.53 Å². The van der Waals surface area contributed by atoms with E-state index in [2.05, 4.69) is 55.1 Å². The lowest BCUT2D eigenvalue weighted by molar-refractivity contribution is -0.123. The van der Waals surface area contributed by atoms with E-state index >= 15 is 0 Å². The molecule has 1 saturated heterocycles. The summed E-state index contributed by atoms with van der Waals surface area (Å²) in [7, 11) is 2.12. The number of hydrogen-bond acceptors (Lipinski definition) is 4. The van der Waals surface area contributed by atoms with Crippen LogP contribution in [0.1, 0.15) is 32.3 Å². The van der Waals surface area contributed by atoms with Gasteiger partial charge in [0.2, 0.25) is 5.91 Å². The summed E-state index contributed by atoms with van der Waals surface area (Å²) in [5.74, 6) is 1.45. The lowest BCUT2D eigenvalue weighted by atomic mass is 10.0. The van der Waals surface area contributed by atoms with Gasteiger partial charge in [0.05, 0.1) is 13.1 Å². The number of amides is 1. The summed E-state index contributed by atoms with van der Waals surface area (Å²) in [6, 6.07) is 8.58. The predicted molar refractivity (Wildman–Crippen MR) is 97.6 cm³/mol. The first-order valence-electron chi connectivity index (χ1n) is 8.87. The van der Waals surface area contributed by atoms with E-state index in [1.807, 2.05) is 12.1 Å². The predicted octanol–water partition coefficient (Wildman–Crippen LogP) is 1.94. The van der Waals surface area contributed by atoms with Crippen molar-refractivity contribution in [3.8, 4) is 5.75 Å². The molecule has 5 nitrogen and oxygen atoms in total. The second-order valence-electron chi connectivity index (χ2n) is 7.00. The molecule has 0 bridgehead atoms. The van der Waals surface area contributed by atoms with Crippen LogP contribution in [-0.2, 0) is 4.79 Å². The molecule has 0 aromatic heterocycles. The molecule has 0 aliphatic carbocycles. The molecule has 1 aromatic carbocycles. The fraction of sp³-hybridized carbons (Fsp3) is 0.632. The van der Waals surface area contributed by atoms with E-state index in [1.54, 1.807) is 0 Å². The SMILES string of the molecule is CC(C)c1ccc(OCCNC(=O)CN2CCN(C)C[C@@H]2C)cc1. The molecule has 0 spiro atoms. The quantitative estimate of drug-likeness (QED) is 0.775. The Hall–Kier alpha value is -1.59. The van der Waals surface area contributed by atoms with Crippen LogP contribution in [0.25, 0.3) is 0 Å². The molecule has 1 aliphatic rings. The van der Waals surface area contributed by atoms with Crippen molar-refractivity contribution in [1.82, 2.24) is 15.1 Å². The van der Waals surface area contributed by atoms with Gasteiger partial charge in [-0.1, -0.05) is 26.0 Å². The molecular formula is C19H31N3O2. The van der Waals surface area contributed by atoms with E-state index in [-0.39, 0.29) is 5.91 Å². The van der Waals surface area contributed by atoms with Crippen LogP contribution in [0.4, 0.5) is 0 Å². The van der Waals surface area contributed by atoms with E-state index in [1.165, 1.54) is 5.56 Å². The normalized spacial score (nSPS) is 19.5. The number of rotatable bonds is 7. The molecule has 2 rings (SSSR count). The summed E-state index contributed by atoms with van der Waals surface area (Å²) in [5, 5.41) is 2.94. The van der Waals surface area contributed by atoms with Crippen LogP contribution in [0, 0.1) is 0 Å². The number of nitrogens with zero attached hydrogens (tertiary/aromatic N) is 2. The highest BCUT2D eigenvalue weighted by Crippen LogP contribution is 2.18. The average Bonchev–Trinajstić information content (AvgIpc) is 2.55. The second-order valence-corrected chi connectivity index (χ2v) is 7.00. The topological polar surface area (TPSA) is 44.8 Å². The van der Waals surface area contributed by atoms with Crippen molar-refractivity contribution in [2.45, 2.75) is 32.7 Å². The molecular weight excluding hydrogens is 302 g/mol. The highest BCUT2D eigenvalue weighted by atomic mass is 16.5. The molecule has 1 heterocycles. The number of piperazine rings is 1. The van der Waals surface area contributed by atoms with Gasteiger partial charge in [0.25, 0.3) is 0 Å². The van der Waals surface area contributed by atoms with Crippen molar-refractivity contribution in [1.29, 1.82) is 0 Å². The molecule has 134 valence electrons. The largest absolute Gasteiger partial charge is 0.492 e. The number of carbonyl (C=O) groups is 1. The van der Waals surface area contributed by atoms with Gasteiger partial charge in [0.15, 0.2) is 0 Å². The summed E-state index contributed by atoms with van der Waals surface area (Å²) in [4.78, 5) is 16.6. The zero-order chi connectivity index (χ0) is 17.5. The van der Waals surface area contributed by atoms with Crippen LogP contribution >= 0.6 is 0 Å². The Kier molecular flexibility index (Phi) is 7.06. The van der Waals surface area contributed by atoms with Crippen LogP contribution in [0.3, 0.4) is 0 Å². The van der Waals surface area contributed by atoms with Crippen LogP contribution < -0.4 is 10.1 Å². The first kappa shape index (κ1) is 18.7. The summed E-state index contributed by atoms with van der Waals surface area (Å²) in [6.07, 6.45) is 0. The Balaban J connectivity index is 1.64. The van der Waals surface area contributed by atoms with E-state index in [9.17, 15) is 4.79 Å². The summed E-state index contributed by atoms with van der Waals surface area (Å²) < 4.78 is 5.68. The second kappa shape index (κ2) is 9.04. The molecule has 0 unspecified atom stereocenters. The molecule has 1 N–H and O–H groups in total. The third kappa shape index (κ3) is 5.80. The molecule has 1 amide bonds. The number of likely N-dealkylation sites (N-methyl/N-ethyl adjacent to an activating group) is 1. The van der Waals surface area contributed by atoms with Gasteiger partial charge in [-0.05, 0) is 37.6 Å². The third-order valence-corrected chi connectivity index (χ3v) is 4.55. The van der Waals surface area contributed by atoms with Gasteiger partial charge in [-0.2, -0.15) is 0 Å². The van der Waals surface area contributed by atoms with Gasteiger partial charge in [-0.3, -0.25) is 9.69 Å². The number of nitrogens with one attached hydrogen (secondary N) is 1. The third-order valence-electron chi connectivity index (χ3n) is 4.55. The maximum absolute atomic E-state index is 12.0. The minimum Gasteiger partial charge on any atom is -0.492 e. The molecule has 24 heavy (non-hydrogen) atoms. The van der Waals surface area contributed by atoms with Gasteiger partial charge in [0.1, 0.15) is 12.4 Å². The van der Waals surface area contributed by atoms with Crippen molar-refractivity contribution in [3.63, 3.8) is 0 Å². The molecule has 1 aliphatic heterocycles. The molecule has 0 saturated carbocycles. The zero-order valence-corrected chi connectivity index (χ0v) is 15.4. The van der Waals surface area contributed by atoms with Crippen LogP contribution in [0.15, 0.2) is 24.3 Å². The number of hydrogen-bond donors (Lipinski definition) is 1. The number of ether oxygens (including phenoxy) is 1. The fourth-order valence-electron chi connectivity index (χ4n) is 2.96. The molecule has 1 aromatic rings. The van der Waals surface area contributed by atoms with Crippen molar-refractivity contribution >= 4 is 5.91 Å². The monoisotopic (exact) mass is 333 g/mol. The fourth-order valence-corrected chi connectivity index (χ4v) is 2.96. The van der Waals surface area contributed by atoms with E-state index in [4.69, 9.17) is 4.74 Å². The minimum atomic E-state index is 0.0742. The van der Waals surface area contributed by atoms with Crippen molar-refractivity contribution in [3.05, 3.63) is 29.8 Å². The Labute approximate surface area is 146 Å². The Morgan fingerprint density at radius 2 is 2.00 bits per heavy atom. The van der Waals surface area contributed by atoms with Gasteiger partial charge >= 0.3 is 0 Å². The van der Waals surface area contributed by atoms with Crippen molar-refractivity contribution in [2.75, 3.05) is 46.4 Å². The molecule has 1 fully saturated rings. The molecule has 5 heteroatoms. The van der Waals surface area contributed by atoms with Gasteiger partial charge < -0.3 is 15.0 Å². The Morgan fingerprint density at radius 3 is 2.62 bits per heavy atom. The van der Waals surface area contributed by atoms with Crippen LogP contribution in [0.5, 0.6) is 5.75 Å². The summed E-state index contributed by atoms with van der Waals surface area (Å²) >= 11 is 0. The lowest BCUT2D eigenvalue weighted by Crippen LogP contribution is -2.53. The number of benzene rings is 1. The average molecular weight is 333 g/mol. The molecule has 1 atom stereocenters. The van der Waals surface area contributed by atoms with Crippen LogP contribution in [-0.4, -0.2) is 68.1 Å². The van der Waals surface area contributed by atoms with Crippen molar-refractivity contribution in [2.24, 2.45) is 0 Å². The highest BCUT2D eigenvalue weighted by Gasteiger charge is 2.22. The number of carbonyl (C=O) groups excluding carboxylic acids is 1. The van der Waals surface area contributed by atoms with Gasteiger partial charge in [-0.15, -0.1) is 0 Å².